The summed E-state index contributed by atoms with van der Waals surface area (Å²) in [6.45, 7) is 0. The van der Waals surface area contributed by atoms with Gasteiger partial charge in [-0.05, 0) is 16.4 Å². The highest BCUT2D eigenvalue weighted by Gasteiger charge is 2.14. The van der Waals surface area contributed by atoms with Crippen molar-refractivity contribution in [2.24, 2.45) is 5.10 Å². The first-order valence-corrected chi connectivity index (χ1v) is 4.84. The molecule has 0 unspecified atom stereocenters. The second-order valence-electron chi connectivity index (χ2n) is 3.22. The molecule has 0 radical (unpaired) electrons. The third-order valence-electron chi connectivity index (χ3n) is 2.00. The van der Waals surface area contributed by atoms with E-state index in [0.717, 1.165) is 6.21 Å². The van der Waals surface area contributed by atoms with E-state index in [0.29, 0.717) is 0 Å². The molecule has 0 aliphatic heterocycles. The molecule has 0 bridgehead atoms. The summed E-state index contributed by atoms with van der Waals surface area (Å²) in [5.41, 5.74) is 7.49. The molecule has 0 atom stereocenters. The zero-order valence-corrected chi connectivity index (χ0v) is 9.00. The number of carbonyl (C=O) groups is 1. The van der Waals surface area contributed by atoms with Gasteiger partial charge in [-0.25, -0.2) is 14.4 Å². The number of rotatable bonds is 3. The van der Waals surface area contributed by atoms with Crippen LogP contribution < -0.4 is 11.2 Å². The number of carbonyl (C=O) groups excluding carboxylic acids is 1. The largest absolute Gasteiger partial charge is 0.379 e. The first-order valence-electron chi connectivity index (χ1n) is 4.84. The minimum atomic E-state index is -0.693. The van der Waals surface area contributed by atoms with Crippen LogP contribution >= 0.6 is 0 Å². The molecule has 2 rings (SSSR count). The van der Waals surface area contributed by atoms with Crippen molar-refractivity contribution < 1.29 is 13.8 Å². The van der Waals surface area contributed by atoms with Gasteiger partial charge in [-0.3, -0.25) is 4.79 Å². The molecule has 92 valence electrons. The van der Waals surface area contributed by atoms with E-state index < -0.39 is 11.7 Å². The topological polar surface area (TPSA) is 106 Å². The molecule has 0 spiro atoms. The number of anilines is 1. The van der Waals surface area contributed by atoms with Crippen LogP contribution in [0.1, 0.15) is 16.1 Å². The van der Waals surface area contributed by atoms with Crippen molar-refractivity contribution in [2.45, 2.75) is 0 Å². The van der Waals surface area contributed by atoms with Crippen LogP contribution in [0.4, 0.5) is 10.2 Å². The lowest BCUT2D eigenvalue weighted by molar-refractivity contribution is 0.0946. The summed E-state index contributed by atoms with van der Waals surface area (Å²) >= 11 is 0. The lowest BCUT2D eigenvalue weighted by Gasteiger charge is -1.96. The van der Waals surface area contributed by atoms with Crippen LogP contribution in [0.2, 0.25) is 0 Å². The molecule has 8 heteroatoms. The molecule has 1 heterocycles. The second-order valence-corrected chi connectivity index (χ2v) is 3.22. The minimum absolute atomic E-state index is 0.145. The van der Waals surface area contributed by atoms with Gasteiger partial charge in [0.1, 0.15) is 5.82 Å². The third-order valence-corrected chi connectivity index (χ3v) is 2.00. The number of halogens is 1. The summed E-state index contributed by atoms with van der Waals surface area (Å²) in [6.07, 6.45) is 1.16. The van der Waals surface area contributed by atoms with Gasteiger partial charge >= 0.3 is 0 Å². The molecule has 1 amide bonds. The number of nitrogen functional groups attached to an aromatic ring is 1. The number of hydrogen-bond donors (Lipinski definition) is 2. The zero-order valence-electron chi connectivity index (χ0n) is 9.00. The quantitative estimate of drug-likeness (QED) is 0.610. The summed E-state index contributed by atoms with van der Waals surface area (Å²) in [5, 5.41) is 10.1. The summed E-state index contributed by atoms with van der Waals surface area (Å²) in [4.78, 5) is 11.4. The molecule has 0 aliphatic rings. The van der Waals surface area contributed by atoms with Gasteiger partial charge in [0.05, 0.1) is 6.21 Å². The molecule has 3 N–H and O–H groups in total. The summed E-state index contributed by atoms with van der Waals surface area (Å²) in [5.74, 6) is -1.28. The highest BCUT2D eigenvalue weighted by molar-refractivity contribution is 5.96. The molecule has 0 aliphatic carbocycles. The first-order chi connectivity index (χ1) is 8.68. The van der Waals surface area contributed by atoms with Crippen LogP contribution in [-0.4, -0.2) is 22.4 Å². The highest BCUT2D eigenvalue weighted by Crippen LogP contribution is 2.04. The van der Waals surface area contributed by atoms with Crippen molar-refractivity contribution >= 4 is 17.9 Å². The SMILES string of the molecule is Nc1nonc1C(=O)NN=Cc1ccccc1F. The molecule has 1 aromatic carbocycles. The summed E-state index contributed by atoms with van der Waals surface area (Å²) in [6, 6.07) is 5.98. The van der Waals surface area contributed by atoms with Crippen LogP contribution in [0.3, 0.4) is 0 Å². The average molecular weight is 249 g/mol. The fraction of sp³-hybridized carbons (Fsp3) is 0. The van der Waals surface area contributed by atoms with Crippen LogP contribution in [0.15, 0.2) is 34.0 Å². The second kappa shape index (κ2) is 5.04. The number of hydrogen-bond acceptors (Lipinski definition) is 6. The Balaban J connectivity index is 2.03. The van der Waals surface area contributed by atoms with Gasteiger partial charge in [0.15, 0.2) is 0 Å². The van der Waals surface area contributed by atoms with Crippen LogP contribution in [0.25, 0.3) is 0 Å². The van der Waals surface area contributed by atoms with E-state index in [2.05, 4.69) is 25.5 Å². The smallest absolute Gasteiger partial charge is 0.297 e. The molecule has 1 aromatic heterocycles. The standard InChI is InChI=1S/C10H8FN5O2/c11-7-4-2-1-3-6(7)5-13-14-10(17)8-9(12)16-18-15-8/h1-5H,(H2,12,16)(H,14,17). The number of hydrazone groups is 1. The third kappa shape index (κ3) is 2.48. The molecule has 7 nitrogen and oxygen atoms in total. The molecule has 0 fully saturated rings. The maximum Gasteiger partial charge on any atom is 0.297 e. The average Bonchev–Trinajstić information content (AvgIpc) is 2.78. The molecule has 18 heavy (non-hydrogen) atoms. The first kappa shape index (κ1) is 11.7. The van der Waals surface area contributed by atoms with E-state index in [1.54, 1.807) is 12.1 Å². The maximum absolute atomic E-state index is 13.2. The summed E-state index contributed by atoms with van der Waals surface area (Å²) in [7, 11) is 0. The van der Waals surface area contributed by atoms with E-state index in [-0.39, 0.29) is 17.1 Å². The Hall–Kier alpha value is -2.77. The van der Waals surface area contributed by atoms with E-state index in [4.69, 9.17) is 5.73 Å². The van der Waals surface area contributed by atoms with Crippen molar-refractivity contribution in [3.8, 4) is 0 Å². The molecule has 0 saturated heterocycles. The lowest BCUT2D eigenvalue weighted by atomic mass is 10.2. The van der Waals surface area contributed by atoms with Gasteiger partial charge in [-0.2, -0.15) is 5.10 Å². The highest BCUT2D eigenvalue weighted by atomic mass is 19.1. The Labute approximate surface area is 100 Å². The number of aromatic nitrogens is 2. The predicted octanol–water partition coefficient (Wildman–Crippen LogP) is 0.555. The number of nitrogens with two attached hydrogens (primary N) is 1. The van der Waals surface area contributed by atoms with Crippen LogP contribution in [-0.2, 0) is 0 Å². The van der Waals surface area contributed by atoms with Crippen molar-refractivity contribution in [1.29, 1.82) is 0 Å². The number of benzene rings is 1. The van der Waals surface area contributed by atoms with E-state index in [9.17, 15) is 9.18 Å². The van der Waals surface area contributed by atoms with Crippen LogP contribution in [0, 0.1) is 5.82 Å². The Bertz CT molecular complexity index is 595. The predicted molar refractivity (Wildman–Crippen MR) is 60.2 cm³/mol. The van der Waals surface area contributed by atoms with Gasteiger partial charge in [0.2, 0.25) is 11.5 Å². The van der Waals surface area contributed by atoms with E-state index >= 15 is 0 Å². The van der Waals surface area contributed by atoms with Crippen molar-refractivity contribution in [3.63, 3.8) is 0 Å². The number of nitrogens with one attached hydrogen (secondary N) is 1. The van der Waals surface area contributed by atoms with Crippen molar-refractivity contribution in [3.05, 3.63) is 41.3 Å². The molecular formula is C10H8FN5O2. The number of amides is 1. The fourth-order valence-electron chi connectivity index (χ4n) is 1.15. The Morgan fingerprint density at radius 3 is 2.89 bits per heavy atom. The minimum Gasteiger partial charge on any atom is -0.379 e. The van der Waals surface area contributed by atoms with Gasteiger partial charge in [-0.15, -0.1) is 0 Å². The zero-order chi connectivity index (χ0) is 13.0. The van der Waals surface area contributed by atoms with Crippen LogP contribution in [0.5, 0.6) is 0 Å². The maximum atomic E-state index is 13.2. The van der Waals surface area contributed by atoms with Crippen molar-refractivity contribution in [1.82, 2.24) is 15.7 Å². The van der Waals surface area contributed by atoms with Gasteiger partial charge < -0.3 is 5.73 Å². The Morgan fingerprint density at radius 2 is 2.22 bits per heavy atom. The molecule has 2 aromatic rings. The molecular weight excluding hydrogens is 241 g/mol. The number of nitrogens with zero attached hydrogens (tertiary/aromatic N) is 3. The normalized spacial score (nSPS) is 10.7. The van der Waals surface area contributed by atoms with Crippen molar-refractivity contribution in [2.75, 3.05) is 5.73 Å². The lowest BCUT2D eigenvalue weighted by Crippen LogP contribution is -2.19. The van der Waals surface area contributed by atoms with Gasteiger partial charge in [0.25, 0.3) is 5.91 Å². The van der Waals surface area contributed by atoms with Gasteiger partial charge in [-0.1, -0.05) is 18.2 Å². The van der Waals surface area contributed by atoms with E-state index in [1.165, 1.54) is 12.1 Å². The molecule has 0 saturated carbocycles. The Morgan fingerprint density at radius 1 is 1.44 bits per heavy atom. The van der Waals surface area contributed by atoms with E-state index in [1.807, 2.05) is 0 Å². The summed E-state index contributed by atoms with van der Waals surface area (Å²) < 4.78 is 17.4. The van der Waals surface area contributed by atoms with Gasteiger partial charge in [0, 0.05) is 5.56 Å². The Kier molecular flexibility index (Phi) is 3.28. The monoisotopic (exact) mass is 249 g/mol. The fourth-order valence-corrected chi connectivity index (χ4v) is 1.15.